The highest BCUT2D eigenvalue weighted by Crippen LogP contribution is 2.19. The molecule has 0 bridgehead atoms. The number of rotatable bonds is 5. The highest BCUT2D eigenvalue weighted by Gasteiger charge is 2.17. The van der Waals surface area contributed by atoms with Crippen molar-refractivity contribution in [3.63, 3.8) is 0 Å². The third-order valence-electron chi connectivity index (χ3n) is 3.78. The maximum Gasteiger partial charge on any atom is 0.337 e. The highest BCUT2D eigenvalue weighted by atomic mass is 16.4. The molecule has 1 N–H and O–H groups in total. The second-order valence-electron chi connectivity index (χ2n) is 5.42. The van der Waals surface area contributed by atoms with Crippen molar-refractivity contribution in [3.05, 3.63) is 101 Å². The fourth-order valence-corrected chi connectivity index (χ4v) is 2.70. The van der Waals surface area contributed by atoms with Crippen LogP contribution in [0.15, 0.2) is 72.9 Å². The Kier molecular flexibility index (Phi) is 4.48. The van der Waals surface area contributed by atoms with Crippen LogP contribution in [-0.4, -0.2) is 16.1 Å². The molecule has 0 atom stereocenters. The number of hydrogen-bond acceptors (Lipinski definition) is 2. The van der Waals surface area contributed by atoms with Crippen molar-refractivity contribution in [2.24, 2.45) is 0 Å². The maximum atomic E-state index is 11.8. The molecule has 0 aliphatic heterocycles. The smallest absolute Gasteiger partial charge is 0.337 e. The number of carboxylic acids is 1. The normalized spacial score (nSPS) is 10.4. The van der Waals surface area contributed by atoms with Crippen LogP contribution in [0.1, 0.15) is 32.7 Å². The first-order chi connectivity index (χ1) is 11.2. The lowest BCUT2D eigenvalue weighted by Gasteiger charge is -2.11. The number of aromatic carboxylic acids is 1. The van der Waals surface area contributed by atoms with Gasteiger partial charge in [-0.2, -0.15) is 0 Å². The maximum absolute atomic E-state index is 11.8. The van der Waals surface area contributed by atoms with E-state index in [-0.39, 0.29) is 0 Å². The molecule has 0 amide bonds. The molecule has 114 valence electrons. The Bertz CT molecular complexity index is 739. The van der Waals surface area contributed by atoms with Gasteiger partial charge >= 0.3 is 5.97 Å². The zero-order valence-corrected chi connectivity index (χ0v) is 12.6. The van der Waals surface area contributed by atoms with Gasteiger partial charge < -0.3 is 5.11 Å². The number of carboxylic acid groups (broad SMARTS) is 1. The molecule has 1 aromatic heterocycles. The van der Waals surface area contributed by atoms with E-state index in [2.05, 4.69) is 4.98 Å². The van der Waals surface area contributed by atoms with Gasteiger partial charge in [-0.3, -0.25) is 4.98 Å². The van der Waals surface area contributed by atoms with E-state index in [1.807, 2.05) is 60.7 Å². The molecule has 0 radical (unpaired) electrons. The molecule has 0 spiro atoms. The van der Waals surface area contributed by atoms with E-state index in [1.54, 1.807) is 12.3 Å². The van der Waals surface area contributed by atoms with Gasteiger partial charge in [0, 0.05) is 12.6 Å². The van der Waals surface area contributed by atoms with Crippen molar-refractivity contribution in [2.45, 2.75) is 12.8 Å². The average molecular weight is 303 g/mol. The summed E-state index contributed by atoms with van der Waals surface area (Å²) in [5.41, 5.74) is 3.87. The summed E-state index contributed by atoms with van der Waals surface area (Å²) in [6.07, 6.45) is 2.81. The van der Waals surface area contributed by atoms with Crippen LogP contribution in [0, 0.1) is 0 Å². The van der Waals surface area contributed by atoms with Crippen LogP contribution in [0.5, 0.6) is 0 Å². The van der Waals surface area contributed by atoms with Gasteiger partial charge in [0.2, 0.25) is 0 Å². The highest BCUT2D eigenvalue weighted by molar-refractivity contribution is 5.90. The van der Waals surface area contributed by atoms with Crippen molar-refractivity contribution < 1.29 is 9.90 Å². The van der Waals surface area contributed by atoms with E-state index in [4.69, 9.17) is 0 Å². The number of pyridine rings is 1. The van der Waals surface area contributed by atoms with E-state index in [0.717, 1.165) is 16.7 Å². The van der Waals surface area contributed by atoms with Crippen LogP contribution in [0.3, 0.4) is 0 Å². The lowest BCUT2D eigenvalue weighted by molar-refractivity contribution is 0.0694. The van der Waals surface area contributed by atoms with E-state index in [1.165, 1.54) is 0 Å². The van der Waals surface area contributed by atoms with Crippen LogP contribution < -0.4 is 0 Å². The summed E-state index contributed by atoms with van der Waals surface area (Å²) < 4.78 is 0. The fraction of sp³-hybridized carbons (Fsp3) is 0.100. The molecule has 0 fully saturated rings. The molecule has 0 saturated carbocycles. The molecule has 0 aliphatic rings. The van der Waals surface area contributed by atoms with Crippen LogP contribution in [0.2, 0.25) is 0 Å². The topological polar surface area (TPSA) is 50.2 Å². The zero-order chi connectivity index (χ0) is 16.1. The third kappa shape index (κ3) is 3.64. The first kappa shape index (κ1) is 15.0. The molecule has 23 heavy (non-hydrogen) atoms. The molecule has 3 nitrogen and oxygen atoms in total. The van der Waals surface area contributed by atoms with Gasteiger partial charge in [-0.05, 0) is 29.2 Å². The number of aromatic nitrogens is 1. The number of nitrogens with zero attached hydrogens (tertiary/aromatic N) is 1. The first-order valence-corrected chi connectivity index (χ1v) is 7.52. The average Bonchev–Trinajstić information content (AvgIpc) is 2.56. The monoisotopic (exact) mass is 303 g/mol. The predicted molar refractivity (Wildman–Crippen MR) is 89.7 cm³/mol. The minimum atomic E-state index is -0.921. The number of benzene rings is 2. The fourth-order valence-electron chi connectivity index (χ4n) is 2.70. The quantitative estimate of drug-likeness (QED) is 0.776. The Morgan fingerprint density at radius 3 is 1.96 bits per heavy atom. The Balaban J connectivity index is 1.97. The van der Waals surface area contributed by atoms with Crippen LogP contribution in [0.4, 0.5) is 0 Å². The molecular weight excluding hydrogens is 286 g/mol. The van der Waals surface area contributed by atoms with Gasteiger partial charge in [-0.1, -0.05) is 60.7 Å². The Morgan fingerprint density at radius 2 is 1.39 bits per heavy atom. The molecule has 0 unspecified atom stereocenters. The predicted octanol–water partition coefficient (Wildman–Crippen LogP) is 3.96. The summed E-state index contributed by atoms with van der Waals surface area (Å²) in [6, 6.07) is 21.5. The minimum Gasteiger partial charge on any atom is -0.478 e. The minimum absolute atomic E-state index is 0.320. The Hall–Kier alpha value is -2.94. The molecular formula is C20H17NO2. The van der Waals surface area contributed by atoms with Gasteiger partial charge in [0.1, 0.15) is 0 Å². The van der Waals surface area contributed by atoms with Gasteiger partial charge in [0.05, 0.1) is 11.3 Å². The summed E-state index contributed by atoms with van der Waals surface area (Å²) in [5, 5.41) is 9.66. The van der Waals surface area contributed by atoms with Crippen LogP contribution in [-0.2, 0) is 12.8 Å². The Labute approximate surface area is 135 Å². The Morgan fingerprint density at radius 1 is 0.826 bits per heavy atom. The van der Waals surface area contributed by atoms with Crippen molar-refractivity contribution in [2.75, 3.05) is 0 Å². The first-order valence-electron chi connectivity index (χ1n) is 7.52. The largest absolute Gasteiger partial charge is 0.478 e. The zero-order valence-electron chi connectivity index (χ0n) is 12.6. The molecule has 3 heteroatoms. The molecule has 0 aliphatic carbocycles. The number of carbonyl (C=O) groups is 1. The van der Waals surface area contributed by atoms with Crippen molar-refractivity contribution in [1.82, 2.24) is 4.98 Å². The second-order valence-corrected chi connectivity index (χ2v) is 5.42. The summed E-state index contributed by atoms with van der Waals surface area (Å²) in [5.74, 6) is -0.921. The van der Waals surface area contributed by atoms with Crippen LogP contribution in [0.25, 0.3) is 0 Å². The van der Waals surface area contributed by atoms with Gasteiger partial charge in [0.15, 0.2) is 0 Å². The van der Waals surface area contributed by atoms with Gasteiger partial charge in [-0.15, -0.1) is 0 Å². The SMILES string of the molecule is O=C(O)c1c(Cc2ccccc2)ccnc1Cc1ccccc1. The summed E-state index contributed by atoms with van der Waals surface area (Å²) in [4.78, 5) is 16.1. The molecule has 3 aromatic rings. The van der Waals surface area contributed by atoms with E-state index in [0.29, 0.717) is 24.1 Å². The second kappa shape index (κ2) is 6.88. The molecule has 3 rings (SSSR count). The third-order valence-corrected chi connectivity index (χ3v) is 3.78. The molecule has 0 saturated heterocycles. The van der Waals surface area contributed by atoms with Crippen molar-refractivity contribution >= 4 is 5.97 Å². The summed E-state index contributed by atoms with van der Waals surface area (Å²) in [7, 11) is 0. The van der Waals surface area contributed by atoms with E-state index in [9.17, 15) is 9.90 Å². The molecule has 1 heterocycles. The van der Waals surface area contributed by atoms with Crippen LogP contribution >= 0.6 is 0 Å². The van der Waals surface area contributed by atoms with Crippen molar-refractivity contribution in [3.8, 4) is 0 Å². The van der Waals surface area contributed by atoms with E-state index >= 15 is 0 Å². The lowest BCUT2D eigenvalue weighted by Crippen LogP contribution is -2.10. The number of hydrogen-bond donors (Lipinski definition) is 1. The summed E-state index contributed by atoms with van der Waals surface area (Å²) >= 11 is 0. The molecule has 2 aromatic carbocycles. The van der Waals surface area contributed by atoms with E-state index < -0.39 is 5.97 Å². The standard InChI is InChI=1S/C20H17NO2/c22-20(23)19-17(13-15-7-3-1-4-8-15)11-12-21-18(19)14-16-9-5-2-6-10-16/h1-12H,13-14H2,(H,22,23). The lowest BCUT2D eigenvalue weighted by atomic mass is 9.96. The van der Waals surface area contributed by atoms with Gasteiger partial charge in [0.25, 0.3) is 0 Å². The summed E-state index contributed by atoms with van der Waals surface area (Å²) in [6.45, 7) is 0. The van der Waals surface area contributed by atoms with Crippen molar-refractivity contribution in [1.29, 1.82) is 0 Å². The van der Waals surface area contributed by atoms with Gasteiger partial charge in [-0.25, -0.2) is 4.79 Å².